The number of anilines is 3. The lowest BCUT2D eigenvalue weighted by molar-refractivity contribution is -0.154. The first-order valence-corrected chi connectivity index (χ1v) is 46.8. The zero-order valence-electron chi connectivity index (χ0n) is 77.4. The standard InChI is InChI=1S/2C14H18N2O4S.C12H17N3O2.C11H18N4O3.C10H18N4O2.C10H17N3O2.C9H16N4O2.2C2H6/c2*1-9(10(2)17)16-12-6-4-5-7-13(12)21(19,20)8-11(15-3)14(16)18;1-7-11(13-3)12(17)15-9(8(2)16)5-4-6-10(15)14-7;1-8(16)9-4-3-6-14-10(17)5-7-13(12-2)11(18)15(9)14;1-8(15)9-4-3-5-12-6-7-13(11-2)10(16)14(9)12;1-7(14)9-4-3-5-12-6-8(11-2)10(15)13(9)12;1-7(14)8-4-3-5-11-6-12(10-2)9(15)13(8)11;2*1-2/h2*4-7,9,11,15H,8H2,1-3H3;9,13H,4-6H2,1-3H3;9,12H,3-7H2,1-2H3;9,11H,3-7H2,1-2H3;8-9,11H,3-6H2,1-2H3;8,10H,3-6H2,1-2H3;2*1-2H3. The Morgan fingerprint density at radius 3 is 1.24 bits per heavy atom. The first kappa shape index (κ1) is 106. The molecule has 43 heteroatoms. The van der Waals surface area contributed by atoms with Crippen LogP contribution >= 0.6 is 0 Å². The number of hydrogen-bond acceptors (Lipinski definition) is 30. The molecule has 8 saturated heterocycles. The maximum atomic E-state index is 12.6. The van der Waals surface area contributed by atoms with E-state index >= 15 is 0 Å². The number of hydrogen-bond donors (Lipinski definition) is 7. The number of carbonyl (C=O) groups excluding carboxylic acids is 14. The van der Waals surface area contributed by atoms with E-state index in [1.54, 1.807) is 131 Å². The van der Waals surface area contributed by atoms with E-state index in [2.05, 4.69) is 42.5 Å². The Morgan fingerprint density at radius 2 is 0.811 bits per heavy atom. The number of likely N-dealkylation sites (N-methyl/N-ethyl adjacent to an activating group) is 3. The van der Waals surface area contributed by atoms with Gasteiger partial charge < -0.3 is 21.3 Å². The summed E-state index contributed by atoms with van der Waals surface area (Å²) in [6, 6.07) is 7.02. The number of aromatic nitrogens is 2. The second kappa shape index (κ2) is 47.9. The van der Waals surface area contributed by atoms with E-state index < -0.39 is 61.7 Å². The monoisotopic (exact) mass is 1820 g/mol. The molecule has 706 valence electrons. The maximum Gasteiger partial charge on any atom is 0.353 e. The average Bonchev–Trinajstić information content (AvgIpc) is 1.62. The minimum Gasteiger partial charge on any atom is -0.382 e. The molecular weight excluding hydrogens is 1690 g/mol. The normalized spacial score (nSPS) is 23.9. The third-order valence-electron chi connectivity index (χ3n) is 23.5. The summed E-state index contributed by atoms with van der Waals surface area (Å²) >= 11 is 0. The van der Waals surface area contributed by atoms with Crippen molar-refractivity contribution < 1.29 is 84.0 Å². The van der Waals surface area contributed by atoms with Crippen molar-refractivity contribution in [3.63, 3.8) is 0 Å². The summed E-state index contributed by atoms with van der Waals surface area (Å²) in [5, 5.41) is 29.3. The lowest BCUT2D eigenvalue weighted by Crippen LogP contribution is -2.68. The quantitative estimate of drug-likeness (QED) is 0.108. The Kier molecular flexibility index (Phi) is 39.9. The third kappa shape index (κ3) is 24.5. The summed E-state index contributed by atoms with van der Waals surface area (Å²) in [5.74, 6) is -1.03. The van der Waals surface area contributed by atoms with Gasteiger partial charge in [0.15, 0.2) is 60.2 Å². The van der Waals surface area contributed by atoms with Crippen LogP contribution in [0.1, 0.15) is 178 Å². The number of nitrogens with one attached hydrogen (secondary N) is 7. The number of para-hydroxylation sites is 2. The molecule has 11 aliphatic heterocycles. The Morgan fingerprint density at radius 1 is 0.425 bits per heavy atom. The number of ketones is 7. The lowest BCUT2D eigenvalue weighted by Gasteiger charge is -2.48. The molecule has 14 rings (SSSR count). The van der Waals surface area contributed by atoms with Gasteiger partial charge in [-0.3, -0.25) is 86.9 Å². The van der Waals surface area contributed by atoms with Gasteiger partial charge in [0.25, 0.3) is 11.5 Å². The van der Waals surface area contributed by atoms with Crippen LogP contribution in [-0.2, 0) is 78.8 Å². The fraction of sp³-hybridized carbons (Fsp3) is 0.643. The second-order valence-corrected chi connectivity index (χ2v) is 35.5. The predicted molar refractivity (Wildman–Crippen MR) is 476 cm³/mol. The van der Waals surface area contributed by atoms with Crippen molar-refractivity contribution >= 4 is 119 Å². The van der Waals surface area contributed by atoms with Gasteiger partial charge in [-0.2, -0.15) is 5.01 Å². The maximum absolute atomic E-state index is 12.6. The molecule has 127 heavy (non-hydrogen) atoms. The number of aryl methyl sites for hydroxylation is 2. The zero-order chi connectivity index (χ0) is 95.1. The number of amides is 10. The third-order valence-corrected chi connectivity index (χ3v) is 27.1. The SMILES string of the molecule is CC.CC.CNC1CN2CCCC(C(C)=O)N2C1=O.CNC1CS(=O)(=O)c2ccccc2N(C(C)C(C)=O)C1=O.CNC1CS(=O)(=O)c2ccccc2N(C(C)C(C)=O)C1=O.CNN1CCC(=O)N2CCCC(C(C)=O)N2C1=O.CNN1CCN2CCCC(C(C)=O)N2C1=O.CNN1CN2CCCC(C(C)=O)N2C1=O.CNc1c(C)nc2n(c1=O)C(C(C)=O)CCC2. The lowest BCUT2D eigenvalue weighted by atomic mass is 10.0. The largest absolute Gasteiger partial charge is 0.382 e. The number of nitrogens with zero attached hydrogens (tertiary/aromatic N) is 15. The number of fused-ring (bicyclic) bond motifs is 7. The summed E-state index contributed by atoms with van der Waals surface area (Å²) in [5.41, 5.74) is 10.0. The second-order valence-electron chi connectivity index (χ2n) is 31.5. The molecule has 8 fully saturated rings. The Hall–Kier alpha value is -9.96. The molecule has 7 N–H and O–H groups in total. The van der Waals surface area contributed by atoms with Crippen LogP contribution in [-0.4, -0.2) is 338 Å². The van der Waals surface area contributed by atoms with Gasteiger partial charge in [0.05, 0.1) is 63.0 Å². The van der Waals surface area contributed by atoms with Crippen LogP contribution in [0.2, 0.25) is 0 Å². The van der Waals surface area contributed by atoms with Crippen molar-refractivity contribution in [1.82, 2.24) is 96.9 Å². The molecule has 0 radical (unpaired) electrons. The molecule has 10 atom stereocenters. The van der Waals surface area contributed by atoms with Crippen LogP contribution in [0.25, 0.3) is 0 Å². The van der Waals surface area contributed by atoms with Crippen LogP contribution in [0, 0.1) is 6.92 Å². The Balaban J connectivity index is 0.000000228. The predicted octanol–water partition coefficient (Wildman–Crippen LogP) is 2.60. The first-order chi connectivity index (χ1) is 60.1. The molecule has 3 aromatic rings. The number of urea groups is 3. The smallest absolute Gasteiger partial charge is 0.353 e. The Labute approximate surface area is 745 Å². The number of carbonyl (C=O) groups is 14. The van der Waals surface area contributed by atoms with E-state index in [9.17, 15) is 88.8 Å². The van der Waals surface area contributed by atoms with Gasteiger partial charge in [-0.15, -0.1) is 0 Å². The molecular formula is C84H134N22O19S2. The van der Waals surface area contributed by atoms with E-state index in [0.29, 0.717) is 50.6 Å². The highest BCUT2D eigenvalue weighted by Gasteiger charge is 2.49. The minimum atomic E-state index is -3.60. The van der Waals surface area contributed by atoms with E-state index in [1.807, 2.05) is 49.6 Å². The average molecular weight is 1820 g/mol. The number of sulfone groups is 2. The number of Topliss-reactive ketones (excluding diaryl/α,β-unsaturated/α-hetero) is 7. The van der Waals surface area contributed by atoms with Crippen LogP contribution < -0.4 is 52.9 Å². The van der Waals surface area contributed by atoms with Crippen LogP contribution in [0.15, 0.2) is 63.1 Å². The summed E-state index contributed by atoms with van der Waals surface area (Å²) in [6.07, 6.45) is 9.33. The van der Waals surface area contributed by atoms with Gasteiger partial charge in [-0.1, -0.05) is 52.0 Å². The molecule has 10 amide bonds. The number of rotatable bonds is 16. The van der Waals surface area contributed by atoms with Crippen LogP contribution in [0.3, 0.4) is 0 Å². The van der Waals surface area contributed by atoms with Crippen LogP contribution in [0.4, 0.5) is 31.4 Å². The highest BCUT2D eigenvalue weighted by Crippen LogP contribution is 2.36. The number of benzene rings is 2. The van der Waals surface area contributed by atoms with Crippen molar-refractivity contribution in [2.45, 2.75) is 244 Å². The molecule has 12 heterocycles. The molecule has 11 aliphatic rings. The molecule has 0 saturated carbocycles. The van der Waals surface area contributed by atoms with E-state index in [-0.39, 0.29) is 145 Å². The molecule has 1 aromatic heterocycles. The van der Waals surface area contributed by atoms with Gasteiger partial charge in [-0.25, -0.2) is 87.5 Å². The highest BCUT2D eigenvalue weighted by atomic mass is 32.2. The topological polar surface area (TPSA) is 468 Å². The van der Waals surface area contributed by atoms with Crippen LogP contribution in [0.5, 0.6) is 0 Å². The summed E-state index contributed by atoms with van der Waals surface area (Å²) in [7, 11) is 4.40. The van der Waals surface area contributed by atoms with Gasteiger partial charge in [0.1, 0.15) is 60.5 Å². The van der Waals surface area contributed by atoms with Crippen molar-refractivity contribution in [2.24, 2.45) is 0 Å². The van der Waals surface area contributed by atoms with Gasteiger partial charge in [-0.05, 0) is 179 Å². The first-order valence-electron chi connectivity index (χ1n) is 43.5. The van der Waals surface area contributed by atoms with E-state index in [4.69, 9.17) is 0 Å². The number of hydrazine groups is 7. The minimum absolute atomic E-state index is 0.0285. The van der Waals surface area contributed by atoms with Crippen molar-refractivity contribution in [1.29, 1.82) is 0 Å². The molecule has 0 spiro atoms. The molecule has 0 bridgehead atoms. The fourth-order valence-electron chi connectivity index (χ4n) is 16.6. The summed E-state index contributed by atoms with van der Waals surface area (Å²) < 4.78 is 51.3. The molecule has 2 aromatic carbocycles. The molecule has 41 nitrogen and oxygen atoms in total. The van der Waals surface area contributed by atoms with E-state index in [1.165, 1.54) is 83.8 Å². The van der Waals surface area contributed by atoms with Gasteiger partial charge >= 0.3 is 18.1 Å². The van der Waals surface area contributed by atoms with Crippen molar-refractivity contribution in [2.75, 3.05) is 135 Å². The van der Waals surface area contributed by atoms with E-state index in [0.717, 1.165) is 96.2 Å². The summed E-state index contributed by atoms with van der Waals surface area (Å²) in [4.78, 5) is 186. The highest BCUT2D eigenvalue weighted by molar-refractivity contribution is 7.92. The van der Waals surface area contributed by atoms with Gasteiger partial charge in [0.2, 0.25) is 17.7 Å². The van der Waals surface area contributed by atoms with Gasteiger partial charge in [0, 0.05) is 86.8 Å². The molecule has 10 unspecified atom stereocenters. The molecule has 0 aliphatic carbocycles. The van der Waals surface area contributed by atoms with Crippen molar-refractivity contribution in [3.05, 3.63) is 70.4 Å². The van der Waals surface area contributed by atoms with Crippen molar-refractivity contribution in [3.8, 4) is 0 Å². The Bertz CT molecular complexity index is 4590. The summed E-state index contributed by atoms with van der Waals surface area (Å²) in [6.45, 7) is 29.5. The zero-order valence-corrected chi connectivity index (χ0v) is 79.1. The fourth-order valence-corrected chi connectivity index (χ4v) is 20.0.